The molecule has 9 aromatic rings. The molecule has 0 bridgehead atoms. The summed E-state index contributed by atoms with van der Waals surface area (Å²) < 4.78 is 0. The summed E-state index contributed by atoms with van der Waals surface area (Å²) in [5, 5.41) is 2.77. The molecule has 0 atom stereocenters. The molecule has 0 spiro atoms. The zero-order valence-corrected chi connectivity index (χ0v) is 42.2. The van der Waals surface area contributed by atoms with E-state index in [0.29, 0.717) is 0 Å². The SMILES string of the molecule is CC.Cc1ccc(Cc2ccc(C)cc2)cc1.Cc1ccc2c(c1)C(C)(C)c1cc(C)c3ccccc3c1-2.Cc1cccc2c1Cc1ccccc1-2.Cc1ccccc1-c1cccc(C)c1C. The molecule has 0 unspecified atom stereocenters. The van der Waals surface area contributed by atoms with Crippen LogP contribution in [0.3, 0.4) is 0 Å². The molecule has 0 heteroatoms. The molecule has 0 radical (unpaired) electrons. The molecule has 0 saturated carbocycles. The van der Waals surface area contributed by atoms with Gasteiger partial charge in [-0.15, -0.1) is 0 Å². The van der Waals surface area contributed by atoms with E-state index in [9.17, 15) is 0 Å². The van der Waals surface area contributed by atoms with Crippen LogP contribution >= 0.6 is 0 Å². The van der Waals surface area contributed by atoms with Crippen molar-refractivity contribution in [2.75, 3.05) is 0 Å². The van der Waals surface area contributed by atoms with Crippen molar-refractivity contribution in [2.45, 2.75) is 101 Å². The van der Waals surface area contributed by atoms with Crippen molar-refractivity contribution in [1.29, 1.82) is 0 Å². The van der Waals surface area contributed by atoms with Gasteiger partial charge in [-0.2, -0.15) is 0 Å². The monoisotopic (exact) mass is 875 g/mol. The van der Waals surface area contributed by atoms with Gasteiger partial charge in [-0.1, -0.05) is 226 Å². The van der Waals surface area contributed by atoms with Gasteiger partial charge >= 0.3 is 0 Å². The van der Waals surface area contributed by atoms with Crippen molar-refractivity contribution in [1.82, 2.24) is 0 Å². The van der Waals surface area contributed by atoms with E-state index in [1.165, 1.54) is 122 Å². The van der Waals surface area contributed by atoms with Crippen LogP contribution in [0.15, 0.2) is 182 Å². The number of hydrogen-bond donors (Lipinski definition) is 0. The lowest BCUT2D eigenvalue weighted by Crippen LogP contribution is -2.15. The van der Waals surface area contributed by atoms with E-state index in [-0.39, 0.29) is 5.41 Å². The van der Waals surface area contributed by atoms with Crippen molar-refractivity contribution in [3.63, 3.8) is 0 Å². The van der Waals surface area contributed by atoms with Crippen LogP contribution in [-0.4, -0.2) is 0 Å². The maximum absolute atomic E-state index is 2.40. The van der Waals surface area contributed by atoms with E-state index in [1.54, 1.807) is 0 Å². The van der Waals surface area contributed by atoms with Gasteiger partial charge in [0.1, 0.15) is 0 Å². The lowest BCUT2D eigenvalue weighted by molar-refractivity contribution is 0.659. The van der Waals surface area contributed by atoms with Crippen molar-refractivity contribution in [3.05, 3.63) is 260 Å². The topological polar surface area (TPSA) is 0 Å². The highest BCUT2D eigenvalue weighted by atomic mass is 14.4. The second-order valence-corrected chi connectivity index (χ2v) is 19.0. The van der Waals surface area contributed by atoms with Crippen LogP contribution in [0.1, 0.15) is 106 Å². The highest BCUT2D eigenvalue weighted by molar-refractivity contribution is 6.03. The van der Waals surface area contributed by atoms with E-state index in [4.69, 9.17) is 0 Å². The van der Waals surface area contributed by atoms with Gasteiger partial charge in [-0.05, 0) is 174 Å². The van der Waals surface area contributed by atoms with Crippen LogP contribution in [0, 0.1) is 55.4 Å². The second kappa shape index (κ2) is 21.3. The first-order chi connectivity index (χ1) is 32.3. The van der Waals surface area contributed by atoms with Gasteiger partial charge in [0.15, 0.2) is 0 Å². The maximum atomic E-state index is 2.40. The Labute approximate surface area is 403 Å². The highest BCUT2D eigenvalue weighted by Crippen LogP contribution is 2.52. The van der Waals surface area contributed by atoms with Crippen LogP contribution in [0.4, 0.5) is 0 Å². The second-order valence-electron chi connectivity index (χ2n) is 19.0. The van der Waals surface area contributed by atoms with E-state index < -0.39 is 0 Å². The Balaban J connectivity index is 0.000000133. The van der Waals surface area contributed by atoms with Gasteiger partial charge < -0.3 is 0 Å². The molecule has 0 fully saturated rings. The molecule has 0 amide bonds. The lowest BCUT2D eigenvalue weighted by Gasteiger charge is -2.22. The fraction of sp³-hybridized carbons (Fsp3) is 0.224. The summed E-state index contributed by atoms with van der Waals surface area (Å²) >= 11 is 0. The number of hydrogen-bond acceptors (Lipinski definition) is 0. The summed E-state index contributed by atoms with van der Waals surface area (Å²) in [7, 11) is 0. The minimum absolute atomic E-state index is 0.0888. The Morgan fingerprint density at radius 1 is 0.373 bits per heavy atom. The molecule has 338 valence electrons. The van der Waals surface area contributed by atoms with Gasteiger partial charge in [-0.3, -0.25) is 0 Å². The molecule has 0 aliphatic heterocycles. The standard InChI is InChI=1S/C21H20.2C15H16.C14H12.C2H6/c1-13-9-10-17-18(11-13)21(3,4)19-12-14(2)15-7-5-6-8-16(15)20(17)19;1-12-3-7-14(8-4-12)11-15-9-5-13(2)6-10-15;1-11-8-6-10-15(13(11)3)14-9-5-4-7-12(14)2;1-10-5-4-8-13-12-7-3-2-6-11(12)9-14(10)13;1-2/h5-12H,1-4H3;3-10H,11H2,1-2H3;4-10H,1-3H3;2-8H,9H2,1H3;1-2H3. The summed E-state index contributed by atoms with van der Waals surface area (Å²) in [5.41, 5.74) is 28.0. The molecule has 0 aromatic heterocycles. The largest absolute Gasteiger partial charge is 0.0683 e. The molecule has 67 heavy (non-hydrogen) atoms. The summed E-state index contributed by atoms with van der Waals surface area (Å²) in [6.07, 6.45) is 2.14. The Hall–Kier alpha value is -6.76. The Morgan fingerprint density at radius 3 is 1.52 bits per heavy atom. The number of benzene rings is 9. The number of aryl methyl sites for hydroxylation is 7. The maximum Gasteiger partial charge on any atom is 0.0159 e. The van der Waals surface area contributed by atoms with Crippen LogP contribution in [0.25, 0.3) is 44.2 Å². The smallest absolute Gasteiger partial charge is 0.0159 e. The minimum Gasteiger partial charge on any atom is -0.0683 e. The molecule has 11 rings (SSSR count). The van der Waals surface area contributed by atoms with Crippen LogP contribution < -0.4 is 0 Å². The van der Waals surface area contributed by atoms with Crippen molar-refractivity contribution < 1.29 is 0 Å². The van der Waals surface area contributed by atoms with Gasteiger partial charge in [0.25, 0.3) is 0 Å². The van der Waals surface area contributed by atoms with Crippen molar-refractivity contribution >= 4 is 10.8 Å². The molecule has 0 nitrogen and oxygen atoms in total. The highest BCUT2D eigenvalue weighted by Gasteiger charge is 2.36. The average molecular weight is 875 g/mol. The quantitative estimate of drug-likeness (QED) is 0.166. The van der Waals surface area contributed by atoms with Gasteiger partial charge in [0.05, 0.1) is 0 Å². The first kappa shape index (κ1) is 48.2. The van der Waals surface area contributed by atoms with E-state index in [2.05, 4.69) is 251 Å². The summed E-state index contributed by atoms with van der Waals surface area (Å²) in [6.45, 7) is 26.1. The predicted octanol–water partition coefficient (Wildman–Crippen LogP) is 18.5. The third-order valence-electron chi connectivity index (χ3n) is 13.8. The first-order valence-electron chi connectivity index (χ1n) is 24.3. The zero-order valence-electron chi connectivity index (χ0n) is 42.2. The van der Waals surface area contributed by atoms with E-state index in [0.717, 1.165) is 12.8 Å². The predicted molar refractivity (Wildman–Crippen MR) is 293 cm³/mol. The van der Waals surface area contributed by atoms with E-state index in [1.807, 2.05) is 13.8 Å². The minimum atomic E-state index is 0.0888. The summed E-state index contributed by atoms with van der Waals surface area (Å²) in [5.74, 6) is 0. The Kier molecular flexibility index (Phi) is 15.3. The molecular formula is C67H70. The molecular weight excluding hydrogens is 805 g/mol. The Bertz CT molecular complexity index is 3070. The molecule has 2 aliphatic carbocycles. The van der Waals surface area contributed by atoms with Crippen LogP contribution in [0.2, 0.25) is 0 Å². The number of rotatable bonds is 3. The molecule has 0 saturated heterocycles. The van der Waals surface area contributed by atoms with Gasteiger partial charge in [0, 0.05) is 5.41 Å². The normalized spacial score (nSPS) is 12.0. The first-order valence-corrected chi connectivity index (χ1v) is 24.3. The zero-order chi connectivity index (χ0) is 47.8. The van der Waals surface area contributed by atoms with Crippen LogP contribution in [0.5, 0.6) is 0 Å². The number of fused-ring (bicyclic) bond motifs is 8. The van der Waals surface area contributed by atoms with Gasteiger partial charge in [0.2, 0.25) is 0 Å². The average Bonchev–Trinajstić information content (AvgIpc) is 3.83. The fourth-order valence-electron chi connectivity index (χ4n) is 9.76. The van der Waals surface area contributed by atoms with Crippen molar-refractivity contribution in [3.8, 4) is 33.4 Å². The molecule has 9 aromatic carbocycles. The summed E-state index contributed by atoms with van der Waals surface area (Å²) in [6, 6.07) is 65.9. The van der Waals surface area contributed by atoms with Gasteiger partial charge in [-0.25, -0.2) is 0 Å². The molecule has 2 aliphatic rings. The fourth-order valence-corrected chi connectivity index (χ4v) is 9.76. The Morgan fingerprint density at radius 2 is 0.881 bits per heavy atom. The third-order valence-corrected chi connectivity index (χ3v) is 13.8. The third kappa shape index (κ3) is 10.6. The molecule has 0 N–H and O–H groups in total. The molecule has 0 heterocycles. The van der Waals surface area contributed by atoms with Crippen molar-refractivity contribution in [2.24, 2.45) is 0 Å². The van der Waals surface area contributed by atoms with E-state index >= 15 is 0 Å². The summed E-state index contributed by atoms with van der Waals surface area (Å²) in [4.78, 5) is 0. The van der Waals surface area contributed by atoms with Crippen LogP contribution in [-0.2, 0) is 18.3 Å². The lowest BCUT2D eigenvalue weighted by atomic mass is 9.81.